The summed E-state index contributed by atoms with van der Waals surface area (Å²) in [5.74, 6) is 1.91. The first-order valence-corrected chi connectivity index (χ1v) is 6.68. The molecule has 0 amide bonds. The van der Waals surface area contributed by atoms with Crippen molar-refractivity contribution >= 4 is 17.5 Å². The third kappa shape index (κ3) is 4.86. The molecule has 0 fully saturated rings. The molecule has 1 rings (SSSR count). The van der Waals surface area contributed by atoms with Crippen molar-refractivity contribution in [1.82, 2.24) is 15.2 Å². The molecule has 4 nitrogen and oxygen atoms in total. The van der Waals surface area contributed by atoms with E-state index < -0.39 is 0 Å². The first-order valence-electron chi connectivity index (χ1n) is 6.15. The van der Waals surface area contributed by atoms with Crippen molar-refractivity contribution in [3.63, 3.8) is 0 Å². The van der Waals surface area contributed by atoms with Crippen molar-refractivity contribution in [2.24, 2.45) is 5.92 Å². The molecule has 96 valence electrons. The Morgan fingerprint density at radius 3 is 2.53 bits per heavy atom. The molecule has 0 aliphatic rings. The summed E-state index contributed by atoms with van der Waals surface area (Å²) >= 11 is 5.79. The van der Waals surface area contributed by atoms with Gasteiger partial charge in [-0.25, -0.2) is 4.98 Å². The van der Waals surface area contributed by atoms with Crippen LogP contribution >= 0.6 is 11.6 Å². The Labute approximate surface area is 108 Å². The molecule has 1 heterocycles. The first-order chi connectivity index (χ1) is 8.17. The Balaban J connectivity index is 2.49. The van der Waals surface area contributed by atoms with E-state index in [1.165, 1.54) is 12.8 Å². The highest BCUT2D eigenvalue weighted by Gasteiger charge is 2.08. The maximum atomic E-state index is 5.79. The fourth-order valence-electron chi connectivity index (χ4n) is 1.68. The van der Waals surface area contributed by atoms with Gasteiger partial charge in [-0.05, 0) is 32.6 Å². The van der Waals surface area contributed by atoms with Crippen molar-refractivity contribution in [1.29, 1.82) is 0 Å². The van der Waals surface area contributed by atoms with E-state index in [1.807, 2.05) is 13.8 Å². The van der Waals surface area contributed by atoms with Gasteiger partial charge in [0.05, 0.1) is 11.4 Å². The Kier molecular flexibility index (Phi) is 6.19. The third-order valence-corrected chi connectivity index (χ3v) is 3.07. The molecular weight excluding hydrogens is 236 g/mol. The van der Waals surface area contributed by atoms with Crippen LogP contribution in [-0.4, -0.2) is 27.6 Å². The minimum absolute atomic E-state index is 0.586. The van der Waals surface area contributed by atoms with Gasteiger partial charge in [-0.1, -0.05) is 13.3 Å². The SMILES string of the molecule is CCCC(CCCl)CNc1nnc(C)c(C)n1. The van der Waals surface area contributed by atoms with E-state index in [2.05, 4.69) is 27.4 Å². The minimum Gasteiger partial charge on any atom is -0.353 e. The van der Waals surface area contributed by atoms with Gasteiger partial charge in [-0.3, -0.25) is 0 Å². The van der Waals surface area contributed by atoms with Gasteiger partial charge >= 0.3 is 0 Å². The smallest absolute Gasteiger partial charge is 0.242 e. The second-order valence-corrected chi connectivity index (χ2v) is 4.70. The van der Waals surface area contributed by atoms with Gasteiger partial charge in [0.2, 0.25) is 5.95 Å². The fourth-order valence-corrected chi connectivity index (χ4v) is 1.99. The molecule has 1 aromatic heterocycles. The minimum atomic E-state index is 0.586. The largest absolute Gasteiger partial charge is 0.353 e. The molecule has 0 aromatic carbocycles. The Morgan fingerprint density at radius 1 is 1.18 bits per heavy atom. The summed E-state index contributed by atoms with van der Waals surface area (Å²) in [6, 6.07) is 0. The molecule has 0 aliphatic heterocycles. The molecule has 0 saturated carbocycles. The molecular formula is C12H21ClN4. The number of alkyl halides is 1. The fraction of sp³-hybridized carbons (Fsp3) is 0.750. The van der Waals surface area contributed by atoms with Gasteiger partial charge in [-0.15, -0.1) is 16.7 Å². The topological polar surface area (TPSA) is 50.7 Å². The van der Waals surface area contributed by atoms with Crippen LogP contribution in [0.5, 0.6) is 0 Å². The number of aryl methyl sites for hydroxylation is 2. The van der Waals surface area contributed by atoms with E-state index in [-0.39, 0.29) is 0 Å². The summed E-state index contributed by atoms with van der Waals surface area (Å²) in [5.41, 5.74) is 1.80. The lowest BCUT2D eigenvalue weighted by molar-refractivity contribution is 0.488. The average molecular weight is 257 g/mol. The quantitative estimate of drug-likeness (QED) is 0.762. The molecule has 1 N–H and O–H groups in total. The summed E-state index contributed by atoms with van der Waals surface area (Å²) in [6.45, 7) is 6.91. The van der Waals surface area contributed by atoms with Crippen molar-refractivity contribution < 1.29 is 0 Å². The number of nitrogens with one attached hydrogen (secondary N) is 1. The first kappa shape index (κ1) is 14.2. The number of halogens is 1. The molecule has 0 bridgehead atoms. The molecule has 5 heteroatoms. The molecule has 17 heavy (non-hydrogen) atoms. The van der Waals surface area contributed by atoms with Crippen LogP contribution in [0.4, 0.5) is 5.95 Å². The third-order valence-electron chi connectivity index (χ3n) is 2.86. The van der Waals surface area contributed by atoms with Crippen LogP contribution in [0.25, 0.3) is 0 Å². The molecule has 0 saturated heterocycles. The van der Waals surface area contributed by atoms with E-state index in [0.29, 0.717) is 17.7 Å². The number of anilines is 1. The number of hydrogen-bond donors (Lipinski definition) is 1. The second kappa shape index (κ2) is 7.43. The molecule has 0 radical (unpaired) electrons. The summed E-state index contributed by atoms with van der Waals surface area (Å²) in [4.78, 5) is 4.35. The van der Waals surface area contributed by atoms with Crippen LogP contribution < -0.4 is 5.32 Å². The van der Waals surface area contributed by atoms with Crippen molar-refractivity contribution in [2.75, 3.05) is 17.7 Å². The summed E-state index contributed by atoms with van der Waals surface area (Å²) in [6.07, 6.45) is 3.38. The highest BCUT2D eigenvalue weighted by atomic mass is 35.5. The predicted molar refractivity (Wildman–Crippen MR) is 71.5 cm³/mol. The summed E-state index contributed by atoms with van der Waals surface area (Å²) < 4.78 is 0. The average Bonchev–Trinajstić information content (AvgIpc) is 2.31. The summed E-state index contributed by atoms with van der Waals surface area (Å²) in [5, 5.41) is 11.3. The number of nitrogens with zero attached hydrogens (tertiary/aromatic N) is 3. The highest BCUT2D eigenvalue weighted by molar-refractivity contribution is 6.17. The Hall–Kier alpha value is -0.900. The molecule has 1 unspecified atom stereocenters. The van der Waals surface area contributed by atoms with Gasteiger partial charge in [0.1, 0.15) is 0 Å². The Morgan fingerprint density at radius 2 is 1.94 bits per heavy atom. The van der Waals surface area contributed by atoms with Gasteiger partial charge in [0.15, 0.2) is 0 Å². The highest BCUT2D eigenvalue weighted by Crippen LogP contribution is 2.13. The van der Waals surface area contributed by atoms with Crippen LogP contribution in [0, 0.1) is 19.8 Å². The zero-order valence-corrected chi connectivity index (χ0v) is 11.6. The van der Waals surface area contributed by atoms with Crippen LogP contribution in [0.2, 0.25) is 0 Å². The van der Waals surface area contributed by atoms with E-state index in [1.54, 1.807) is 0 Å². The van der Waals surface area contributed by atoms with Gasteiger partial charge in [0.25, 0.3) is 0 Å². The van der Waals surface area contributed by atoms with E-state index in [9.17, 15) is 0 Å². The van der Waals surface area contributed by atoms with Gasteiger partial charge in [-0.2, -0.15) is 5.10 Å². The Bertz CT molecular complexity index is 337. The summed E-state index contributed by atoms with van der Waals surface area (Å²) in [7, 11) is 0. The van der Waals surface area contributed by atoms with Crippen molar-refractivity contribution in [2.45, 2.75) is 40.0 Å². The maximum absolute atomic E-state index is 5.79. The van der Waals surface area contributed by atoms with Crippen LogP contribution in [0.15, 0.2) is 0 Å². The van der Waals surface area contributed by atoms with Crippen molar-refractivity contribution in [3.8, 4) is 0 Å². The van der Waals surface area contributed by atoms with Crippen LogP contribution in [0.1, 0.15) is 37.6 Å². The second-order valence-electron chi connectivity index (χ2n) is 4.32. The van der Waals surface area contributed by atoms with Gasteiger partial charge in [0, 0.05) is 12.4 Å². The van der Waals surface area contributed by atoms with E-state index in [4.69, 9.17) is 11.6 Å². The standard InChI is InChI=1S/C12H21ClN4/c1-4-5-11(6-7-13)8-14-12-15-9(2)10(3)16-17-12/h11H,4-8H2,1-3H3,(H,14,15,17). The van der Waals surface area contributed by atoms with Crippen LogP contribution in [0.3, 0.4) is 0 Å². The van der Waals surface area contributed by atoms with E-state index in [0.717, 1.165) is 24.4 Å². The zero-order chi connectivity index (χ0) is 12.7. The number of hydrogen-bond acceptors (Lipinski definition) is 4. The zero-order valence-electron chi connectivity index (χ0n) is 10.8. The van der Waals surface area contributed by atoms with E-state index >= 15 is 0 Å². The predicted octanol–water partition coefficient (Wildman–Crippen LogP) is 2.95. The lowest BCUT2D eigenvalue weighted by Gasteiger charge is -2.15. The molecule has 1 atom stereocenters. The lowest BCUT2D eigenvalue weighted by Crippen LogP contribution is -2.17. The van der Waals surface area contributed by atoms with Gasteiger partial charge < -0.3 is 5.32 Å². The maximum Gasteiger partial charge on any atom is 0.242 e. The number of aromatic nitrogens is 3. The molecule has 1 aromatic rings. The molecule has 0 aliphatic carbocycles. The van der Waals surface area contributed by atoms with Crippen LogP contribution in [-0.2, 0) is 0 Å². The normalized spacial score (nSPS) is 12.5. The lowest BCUT2D eigenvalue weighted by atomic mass is 10.0. The number of rotatable bonds is 7. The monoisotopic (exact) mass is 256 g/mol. The molecule has 0 spiro atoms. The van der Waals surface area contributed by atoms with Crippen molar-refractivity contribution in [3.05, 3.63) is 11.4 Å².